The fourth-order valence-electron chi connectivity index (χ4n) is 4.01. The zero-order valence-electron chi connectivity index (χ0n) is 14.7. The predicted molar refractivity (Wildman–Crippen MR) is 98.1 cm³/mol. The number of nitrogens with one attached hydrogen (secondary N) is 2. The molecule has 4 nitrogen and oxygen atoms in total. The Hall–Kier alpha value is -1.39. The van der Waals surface area contributed by atoms with E-state index in [9.17, 15) is 4.79 Å². The summed E-state index contributed by atoms with van der Waals surface area (Å²) in [5.74, 6) is 1.15. The van der Waals surface area contributed by atoms with Crippen molar-refractivity contribution >= 4 is 5.91 Å². The summed E-state index contributed by atoms with van der Waals surface area (Å²) >= 11 is 0. The topological polar surface area (TPSA) is 44.4 Å². The van der Waals surface area contributed by atoms with Crippen molar-refractivity contribution < 1.29 is 4.79 Å². The maximum atomic E-state index is 12.4. The minimum absolute atomic E-state index is 0.226. The molecule has 0 spiro atoms. The number of nitrogens with zero attached hydrogens (tertiary/aromatic N) is 1. The van der Waals surface area contributed by atoms with Crippen LogP contribution in [-0.2, 0) is 4.79 Å². The van der Waals surface area contributed by atoms with Gasteiger partial charge in [0.15, 0.2) is 0 Å². The SMILES string of the molecule is O=C(NCCCN1CCNCC1)C1CCC(c2ccccc2)CC1. The smallest absolute Gasteiger partial charge is 0.223 e. The van der Waals surface area contributed by atoms with E-state index in [4.69, 9.17) is 0 Å². The first-order valence-corrected chi connectivity index (χ1v) is 9.58. The standard InChI is InChI=1S/C20H31N3O/c24-20(22-11-4-14-23-15-12-21-13-16-23)19-9-7-18(8-10-19)17-5-2-1-3-6-17/h1-3,5-6,18-19,21H,4,7-16H2,(H,22,24). The van der Waals surface area contributed by atoms with E-state index in [2.05, 4.69) is 45.9 Å². The average Bonchev–Trinajstić information content (AvgIpc) is 2.67. The van der Waals surface area contributed by atoms with E-state index < -0.39 is 0 Å². The van der Waals surface area contributed by atoms with Gasteiger partial charge in [0.05, 0.1) is 0 Å². The van der Waals surface area contributed by atoms with E-state index in [0.717, 1.165) is 71.4 Å². The zero-order chi connectivity index (χ0) is 16.6. The summed E-state index contributed by atoms with van der Waals surface area (Å²) in [5, 5.41) is 6.54. The first-order chi connectivity index (χ1) is 11.8. The van der Waals surface area contributed by atoms with Crippen molar-refractivity contribution in [1.82, 2.24) is 15.5 Å². The minimum Gasteiger partial charge on any atom is -0.356 e. The van der Waals surface area contributed by atoms with Crippen LogP contribution in [0.15, 0.2) is 30.3 Å². The molecule has 1 aromatic carbocycles. The molecule has 2 aliphatic rings. The third kappa shape index (κ3) is 5.05. The van der Waals surface area contributed by atoms with E-state index in [1.54, 1.807) is 0 Å². The van der Waals surface area contributed by atoms with E-state index in [-0.39, 0.29) is 11.8 Å². The van der Waals surface area contributed by atoms with Gasteiger partial charge in [0, 0.05) is 38.6 Å². The molecule has 1 aliphatic carbocycles. The van der Waals surface area contributed by atoms with Gasteiger partial charge in [0.25, 0.3) is 0 Å². The molecule has 0 bridgehead atoms. The Morgan fingerprint density at radius 3 is 2.50 bits per heavy atom. The van der Waals surface area contributed by atoms with Crippen LogP contribution in [0.2, 0.25) is 0 Å². The molecule has 1 saturated heterocycles. The van der Waals surface area contributed by atoms with Crippen LogP contribution in [-0.4, -0.2) is 50.1 Å². The fourth-order valence-corrected chi connectivity index (χ4v) is 4.01. The first-order valence-electron chi connectivity index (χ1n) is 9.58. The van der Waals surface area contributed by atoms with Crippen molar-refractivity contribution in [2.45, 2.75) is 38.0 Å². The molecule has 1 amide bonds. The van der Waals surface area contributed by atoms with Crippen molar-refractivity contribution in [2.75, 3.05) is 39.3 Å². The van der Waals surface area contributed by atoms with Crippen LogP contribution in [0.5, 0.6) is 0 Å². The molecule has 1 saturated carbocycles. The summed E-state index contributed by atoms with van der Waals surface area (Å²) in [4.78, 5) is 14.8. The lowest BCUT2D eigenvalue weighted by molar-refractivity contribution is -0.126. The first kappa shape index (κ1) is 17.4. The molecule has 4 heteroatoms. The second kappa shape index (κ2) is 9.19. The van der Waals surface area contributed by atoms with Gasteiger partial charge in [-0.3, -0.25) is 4.79 Å². The van der Waals surface area contributed by atoms with E-state index >= 15 is 0 Å². The number of rotatable bonds is 6. The van der Waals surface area contributed by atoms with Crippen LogP contribution in [0.4, 0.5) is 0 Å². The van der Waals surface area contributed by atoms with Crippen molar-refractivity contribution in [3.05, 3.63) is 35.9 Å². The second-order valence-electron chi connectivity index (χ2n) is 7.20. The Balaban J connectivity index is 1.32. The van der Waals surface area contributed by atoms with E-state index in [1.165, 1.54) is 5.56 Å². The maximum Gasteiger partial charge on any atom is 0.223 e. The number of hydrogen-bond acceptors (Lipinski definition) is 3. The number of carbonyl (C=O) groups excluding carboxylic acids is 1. The van der Waals surface area contributed by atoms with Gasteiger partial charge in [-0.15, -0.1) is 0 Å². The molecule has 2 N–H and O–H groups in total. The lowest BCUT2D eigenvalue weighted by atomic mass is 9.78. The summed E-state index contributed by atoms with van der Waals surface area (Å²) in [7, 11) is 0. The molecule has 0 aromatic heterocycles. The lowest BCUT2D eigenvalue weighted by Crippen LogP contribution is -2.44. The molecule has 3 rings (SSSR count). The normalized spacial score (nSPS) is 25.3. The summed E-state index contributed by atoms with van der Waals surface area (Å²) in [6.07, 6.45) is 5.41. The summed E-state index contributed by atoms with van der Waals surface area (Å²) in [6.45, 7) is 6.38. The maximum absolute atomic E-state index is 12.4. The Labute approximate surface area is 146 Å². The highest BCUT2D eigenvalue weighted by Gasteiger charge is 2.26. The van der Waals surface area contributed by atoms with Gasteiger partial charge >= 0.3 is 0 Å². The number of piperazine rings is 1. The molecule has 1 aliphatic heterocycles. The van der Waals surface area contributed by atoms with Gasteiger partial charge in [-0.1, -0.05) is 30.3 Å². The Bertz CT molecular complexity index is 491. The summed E-state index contributed by atoms with van der Waals surface area (Å²) in [6, 6.07) is 10.8. The Morgan fingerprint density at radius 2 is 1.79 bits per heavy atom. The van der Waals surface area contributed by atoms with Crippen LogP contribution < -0.4 is 10.6 Å². The van der Waals surface area contributed by atoms with Gasteiger partial charge in [0.1, 0.15) is 0 Å². The van der Waals surface area contributed by atoms with Crippen LogP contribution in [0.1, 0.15) is 43.6 Å². The van der Waals surface area contributed by atoms with Crippen molar-refractivity contribution in [3.8, 4) is 0 Å². The van der Waals surface area contributed by atoms with E-state index in [0.29, 0.717) is 5.92 Å². The molecule has 2 fully saturated rings. The van der Waals surface area contributed by atoms with Gasteiger partial charge < -0.3 is 15.5 Å². The Kier molecular flexibility index (Phi) is 6.67. The molecule has 132 valence electrons. The molecule has 24 heavy (non-hydrogen) atoms. The van der Waals surface area contributed by atoms with Gasteiger partial charge in [-0.2, -0.15) is 0 Å². The van der Waals surface area contributed by atoms with Crippen LogP contribution in [0.25, 0.3) is 0 Å². The van der Waals surface area contributed by atoms with Crippen LogP contribution >= 0.6 is 0 Å². The lowest BCUT2D eigenvalue weighted by Gasteiger charge is -2.29. The highest BCUT2D eigenvalue weighted by molar-refractivity contribution is 5.78. The third-order valence-corrected chi connectivity index (χ3v) is 5.53. The highest BCUT2D eigenvalue weighted by Crippen LogP contribution is 2.35. The Morgan fingerprint density at radius 1 is 1.08 bits per heavy atom. The summed E-state index contributed by atoms with van der Waals surface area (Å²) in [5.41, 5.74) is 1.44. The molecule has 1 heterocycles. The van der Waals surface area contributed by atoms with Gasteiger partial charge in [-0.05, 0) is 50.1 Å². The quantitative estimate of drug-likeness (QED) is 0.788. The third-order valence-electron chi connectivity index (χ3n) is 5.53. The number of benzene rings is 1. The molecule has 0 radical (unpaired) electrons. The number of carbonyl (C=O) groups is 1. The molecule has 0 atom stereocenters. The van der Waals surface area contributed by atoms with Crippen LogP contribution in [0, 0.1) is 5.92 Å². The second-order valence-corrected chi connectivity index (χ2v) is 7.20. The zero-order valence-corrected chi connectivity index (χ0v) is 14.7. The predicted octanol–water partition coefficient (Wildman–Crippen LogP) is 2.37. The molecule has 1 aromatic rings. The van der Waals surface area contributed by atoms with Gasteiger partial charge in [0.2, 0.25) is 5.91 Å². The largest absolute Gasteiger partial charge is 0.356 e. The molecular formula is C20H31N3O. The molecule has 0 unspecified atom stereocenters. The number of amides is 1. The fraction of sp³-hybridized carbons (Fsp3) is 0.650. The van der Waals surface area contributed by atoms with Crippen molar-refractivity contribution in [2.24, 2.45) is 5.92 Å². The monoisotopic (exact) mass is 329 g/mol. The number of hydrogen-bond donors (Lipinski definition) is 2. The van der Waals surface area contributed by atoms with E-state index in [1.807, 2.05) is 0 Å². The van der Waals surface area contributed by atoms with Crippen molar-refractivity contribution in [3.63, 3.8) is 0 Å². The summed E-state index contributed by atoms with van der Waals surface area (Å²) < 4.78 is 0. The van der Waals surface area contributed by atoms with Crippen LogP contribution in [0.3, 0.4) is 0 Å². The van der Waals surface area contributed by atoms with Crippen molar-refractivity contribution in [1.29, 1.82) is 0 Å². The molecular weight excluding hydrogens is 298 g/mol. The highest BCUT2D eigenvalue weighted by atomic mass is 16.1. The minimum atomic E-state index is 0.226. The van der Waals surface area contributed by atoms with Gasteiger partial charge in [-0.25, -0.2) is 0 Å². The average molecular weight is 329 g/mol.